The van der Waals surface area contributed by atoms with E-state index in [2.05, 4.69) is 45.0 Å². The van der Waals surface area contributed by atoms with E-state index < -0.39 is 5.60 Å². The molecule has 0 bridgehead atoms. The predicted molar refractivity (Wildman–Crippen MR) is 74.4 cm³/mol. The molecule has 1 atom stereocenters. The predicted octanol–water partition coefficient (Wildman–Crippen LogP) is 4.21. The quantitative estimate of drug-likeness (QED) is 0.809. The molecular weight excluding hydrogens is 208 g/mol. The third-order valence-electron chi connectivity index (χ3n) is 3.88. The molecular formula is C16H26O. The molecule has 0 spiro atoms. The van der Waals surface area contributed by atoms with Crippen molar-refractivity contribution in [2.75, 3.05) is 0 Å². The minimum atomic E-state index is -0.526. The highest BCUT2D eigenvalue weighted by molar-refractivity contribution is 5.27. The van der Waals surface area contributed by atoms with Gasteiger partial charge in [0.05, 0.1) is 5.60 Å². The van der Waals surface area contributed by atoms with Crippen LogP contribution in [0, 0.1) is 6.92 Å². The lowest BCUT2D eigenvalue weighted by atomic mass is 9.77. The lowest BCUT2D eigenvalue weighted by Crippen LogP contribution is -2.27. The smallest absolute Gasteiger partial charge is 0.0617 e. The van der Waals surface area contributed by atoms with Gasteiger partial charge in [-0.05, 0) is 44.1 Å². The third kappa shape index (κ3) is 4.16. The van der Waals surface area contributed by atoms with E-state index in [1.807, 2.05) is 13.8 Å². The van der Waals surface area contributed by atoms with Crippen molar-refractivity contribution in [1.29, 1.82) is 0 Å². The van der Waals surface area contributed by atoms with Gasteiger partial charge in [-0.25, -0.2) is 0 Å². The van der Waals surface area contributed by atoms with Crippen molar-refractivity contribution in [3.8, 4) is 0 Å². The van der Waals surface area contributed by atoms with E-state index in [1.54, 1.807) is 0 Å². The SMILES string of the molecule is CCC(C)(O)CCC(C)(C)c1ccc(C)cc1. The molecule has 0 saturated carbocycles. The second-order valence-electron chi connectivity index (χ2n) is 6.10. The van der Waals surface area contributed by atoms with Crippen molar-refractivity contribution in [2.24, 2.45) is 0 Å². The van der Waals surface area contributed by atoms with Crippen LogP contribution in [0.15, 0.2) is 24.3 Å². The second kappa shape index (κ2) is 5.22. The first-order valence-corrected chi connectivity index (χ1v) is 6.56. The molecule has 0 amide bonds. The Morgan fingerprint density at radius 3 is 2.00 bits per heavy atom. The summed E-state index contributed by atoms with van der Waals surface area (Å²) in [5.74, 6) is 0. The van der Waals surface area contributed by atoms with E-state index in [4.69, 9.17) is 0 Å². The molecule has 0 aliphatic heterocycles. The number of aryl methyl sites for hydroxylation is 1. The van der Waals surface area contributed by atoms with Crippen LogP contribution in [0.2, 0.25) is 0 Å². The maximum absolute atomic E-state index is 10.1. The van der Waals surface area contributed by atoms with E-state index in [1.165, 1.54) is 11.1 Å². The van der Waals surface area contributed by atoms with Crippen LogP contribution in [0.3, 0.4) is 0 Å². The highest BCUT2D eigenvalue weighted by atomic mass is 16.3. The highest BCUT2D eigenvalue weighted by Crippen LogP contribution is 2.31. The van der Waals surface area contributed by atoms with E-state index in [-0.39, 0.29) is 5.41 Å². The lowest BCUT2D eigenvalue weighted by molar-refractivity contribution is 0.0394. The summed E-state index contributed by atoms with van der Waals surface area (Å²) in [6.45, 7) is 10.6. The summed E-state index contributed by atoms with van der Waals surface area (Å²) < 4.78 is 0. The third-order valence-corrected chi connectivity index (χ3v) is 3.88. The van der Waals surface area contributed by atoms with Crippen LogP contribution >= 0.6 is 0 Å². The standard InChI is InChI=1S/C16H26O/c1-6-16(5,17)12-11-15(3,4)14-9-7-13(2)8-10-14/h7-10,17H,6,11-12H2,1-5H3. The molecule has 96 valence electrons. The molecule has 1 nitrogen and oxygen atoms in total. The molecule has 0 fully saturated rings. The van der Waals surface area contributed by atoms with Crippen LogP contribution in [-0.4, -0.2) is 10.7 Å². The fourth-order valence-corrected chi connectivity index (χ4v) is 1.91. The Labute approximate surface area is 106 Å². The van der Waals surface area contributed by atoms with Gasteiger partial charge in [-0.2, -0.15) is 0 Å². The Hall–Kier alpha value is -0.820. The average Bonchev–Trinajstić information content (AvgIpc) is 2.27. The van der Waals surface area contributed by atoms with Crippen LogP contribution in [0.4, 0.5) is 0 Å². The maximum atomic E-state index is 10.1. The van der Waals surface area contributed by atoms with Gasteiger partial charge in [0.1, 0.15) is 0 Å². The molecule has 1 unspecified atom stereocenters. The van der Waals surface area contributed by atoms with Crippen molar-refractivity contribution in [3.05, 3.63) is 35.4 Å². The Balaban J connectivity index is 2.71. The number of hydrogen-bond acceptors (Lipinski definition) is 1. The van der Waals surface area contributed by atoms with Crippen LogP contribution in [-0.2, 0) is 5.41 Å². The fraction of sp³-hybridized carbons (Fsp3) is 0.625. The average molecular weight is 234 g/mol. The molecule has 1 aromatic carbocycles. The largest absolute Gasteiger partial charge is 0.390 e. The number of hydrogen-bond donors (Lipinski definition) is 1. The molecule has 1 rings (SSSR count). The second-order valence-corrected chi connectivity index (χ2v) is 6.10. The van der Waals surface area contributed by atoms with Gasteiger partial charge < -0.3 is 5.11 Å². The maximum Gasteiger partial charge on any atom is 0.0617 e. The normalized spacial score (nSPS) is 15.6. The summed E-state index contributed by atoms with van der Waals surface area (Å²) in [7, 11) is 0. The summed E-state index contributed by atoms with van der Waals surface area (Å²) in [5, 5.41) is 10.1. The van der Waals surface area contributed by atoms with E-state index in [9.17, 15) is 5.11 Å². The van der Waals surface area contributed by atoms with Gasteiger partial charge in [-0.1, -0.05) is 50.6 Å². The molecule has 0 aliphatic carbocycles. The molecule has 0 heterocycles. The molecule has 0 aliphatic rings. The van der Waals surface area contributed by atoms with Crippen LogP contribution in [0.5, 0.6) is 0 Å². The summed E-state index contributed by atoms with van der Waals surface area (Å²) in [6.07, 6.45) is 2.68. The molecule has 0 radical (unpaired) electrons. The highest BCUT2D eigenvalue weighted by Gasteiger charge is 2.25. The summed E-state index contributed by atoms with van der Waals surface area (Å²) in [6, 6.07) is 8.73. The Morgan fingerprint density at radius 2 is 1.53 bits per heavy atom. The van der Waals surface area contributed by atoms with E-state index in [0.29, 0.717) is 0 Å². The van der Waals surface area contributed by atoms with Crippen molar-refractivity contribution in [3.63, 3.8) is 0 Å². The summed E-state index contributed by atoms with van der Waals surface area (Å²) in [4.78, 5) is 0. The first-order valence-electron chi connectivity index (χ1n) is 6.56. The zero-order chi connectivity index (χ0) is 13.1. The topological polar surface area (TPSA) is 20.2 Å². The van der Waals surface area contributed by atoms with Gasteiger partial charge in [0.2, 0.25) is 0 Å². The van der Waals surface area contributed by atoms with Crippen LogP contribution < -0.4 is 0 Å². The number of benzene rings is 1. The first-order chi connectivity index (χ1) is 7.77. The van der Waals surface area contributed by atoms with Crippen molar-refractivity contribution in [2.45, 2.75) is 64.9 Å². The molecule has 1 heteroatoms. The van der Waals surface area contributed by atoms with Gasteiger partial charge in [-0.15, -0.1) is 0 Å². The number of rotatable bonds is 5. The summed E-state index contributed by atoms with van der Waals surface area (Å²) >= 11 is 0. The van der Waals surface area contributed by atoms with Crippen molar-refractivity contribution >= 4 is 0 Å². The van der Waals surface area contributed by atoms with Crippen LogP contribution in [0.1, 0.15) is 58.1 Å². The van der Waals surface area contributed by atoms with Gasteiger partial charge in [0.15, 0.2) is 0 Å². The Kier molecular flexibility index (Phi) is 4.37. The molecule has 0 aromatic heterocycles. The van der Waals surface area contributed by atoms with Crippen molar-refractivity contribution in [1.82, 2.24) is 0 Å². The minimum Gasteiger partial charge on any atom is -0.390 e. The molecule has 1 N–H and O–H groups in total. The fourth-order valence-electron chi connectivity index (χ4n) is 1.91. The molecule has 1 aromatic rings. The molecule has 0 saturated heterocycles. The van der Waals surface area contributed by atoms with Crippen LogP contribution in [0.25, 0.3) is 0 Å². The van der Waals surface area contributed by atoms with E-state index in [0.717, 1.165) is 19.3 Å². The van der Waals surface area contributed by atoms with Gasteiger partial charge in [-0.3, -0.25) is 0 Å². The zero-order valence-corrected chi connectivity index (χ0v) is 11.9. The van der Waals surface area contributed by atoms with E-state index >= 15 is 0 Å². The Morgan fingerprint density at radius 1 is 1.00 bits per heavy atom. The number of aliphatic hydroxyl groups is 1. The van der Waals surface area contributed by atoms with Gasteiger partial charge >= 0.3 is 0 Å². The van der Waals surface area contributed by atoms with Gasteiger partial charge in [0, 0.05) is 0 Å². The Bertz CT molecular complexity index is 346. The summed E-state index contributed by atoms with van der Waals surface area (Å²) in [5.41, 5.74) is 2.26. The first kappa shape index (κ1) is 14.2. The lowest BCUT2D eigenvalue weighted by Gasteiger charge is -2.30. The van der Waals surface area contributed by atoms with Crippen molar-refractivity contribution < 1.29 is 5.11 Å². The molecule has 17 heavy (non-hydrogen) atoms. The van der Waals surface area contributed by atoms with Gasteiger partial charge in [0.25, 0.3) is 0 Å². The minimum absolute atomic E-state index is 0.132. The zero-order valence-electron chi connectivity index (χ0n) is 11.9. The monoisotopic (exact) mass is 234 g/mol.